The molecule has 0 aromatic heterocycles. The molecule has 0 radical (unpaired) electrons. The minimum absolute atomic E-state index is 0.0984. The number of methoxy groups -OCH3 is 2. The minimum Gasteiger partial charge on any atom is -0.504 e. The SMILES string of the molecule is CNCc1ccc(/C(=C\OC)C(=N)OC)c(C)c1. The largest absolute Gasteiger partial charge is 0.504 e. The number of benzene rings is 1. The summed E-state index contributed by atoms with van der Waals surface area (Å²) in [5.41, 5.74) is 3.89. The number of hydrogen-bond acceptors (Lipinski definition) is 4. The van der Waals surface area contributed by atoms with Crippen molar-refractivity contribution in [1.29, 1.82) is 5.41 Å². The Morgan fingerprint density at radius 2 is 2.11 bits per heavy atom. The molecule has 2 N–H and O–H groups in total. The predicted octanol–water partition coefficient (Wildman–Crippen LogP) is 2.33. The highest BCUT2D eigenvalue weighted by Crippen LogP contribution is 2.21. The van der Waals surface area contributed by atoms with Crippen molar-refractivity contribution < 1.29 is 9.47 Å². The highest BCUT2D eigenvalue weighted by molar-refractivity contribution is 6.18. The van der Waals surface area contributed by atoms with E-state index in [9.17, 15) is 0 Å². The first kappa shape index (κ1) is 14.3. The van der Waals surface area contributed by atoms with E-state index in [4.69, 9.17) is 14.9 Å². The molecule has 0 unspecified atom stereocenters. The molecule has 1 aromatic carbocycles. The molecule has 4 nitrogen and oxygen atoms in total. The van der Waals surface area contributed by atoms with Gasteiger partial charge in [0.15, 0.2) is 0 Å². The molecule has 0 spiro atoms. The van der Waals surface area contributed by atoms with Gasteiger partial charge in [-0.1, -0.05) is 18.2 Å². The van der Waals surface area contributed by atoms with Gasteiger partial charge < -0.3 is 14.8 Å². The molecular weight excluding hydrogens is 228 g/mol. The molecule has 0 aliphatic carbocycles. The molecule has 0 saturated heterocycles. The van der Waals surface area contributed by atoms with Gasteiger partial charge in [0.2, 0.25) is 5.90 Å². The summed E-state index contributed by atoms with van der Waals surface area (Å²) < 4.78 is 9.99. The molecule has 0 heterocycles. The van der Waals surface area contributed by atoms with Crippen LogP contribution in [-0.4, -0.2) is 27.2 Å². The Morgan fingerprint density at radius 3 is 2.61 bits per heavy atom. The second-order valence-electron chi connectivity index (χ2n) is 3.98. The molecule has 1 aromatic rings. The molecule has 98 valence electrons. The lowest BCUT2D eigenvalue weighted by atomic mass is 9.99. The van der Waals surface area contributed by atoms with Crippen LogP contribution in [0.5, 0.6) is 0 Å². The Labute approximate surface area is 108 Å². The number of hydrogen-bond donors (Lipinski definition) is 2. The van der Waals surface area contributed by atoms with Crippen LogP contribution in [0.15, 0.2) is 24.5 Å². The van der Waals surface area contributed by atoms with Crippen molar-refractivity contribution in [2.45, 2.75) is 13.5 Å². The highest BCUT2D eigenvalue weighted by atomic mass is 16.5. The van der Waals surface area contributed by atoms with Crippen LogP contribution in [0.25, 0.3) is 5.57 Å². The maximum atomic E-state index is 7.78. The minimum atomic E-state index is 0.0984. The number of ether oxygens (including phenoxy) is 2. The van der Waals surface area contributed by atoms with Gasteiger partial charge in [-0.15, -0.1) is 0 Å². The Hall–Kier alpha value is -1.81. The summed E-state index contributed by atoms with van der Waals surface area (Å²) in [7, 11) is 4.96. The van der Waals surface area contributed by atoms with E-state index in [-0.39, 0.29) is 5.90 Å². The van der Waals surface area contributed by atoms with E-state index < -0.39 is 0 Å². The van der Waals surface area contributed by atoms with Crippen LogP contribution < -0.4 is 5.32 Å². The smallest absolute Gasteiger partial charge is 0.216 e. The first-order chi connectivity index (χ1) is 8.63. The topological polar surface area (TPSA) is 54.3 Å². The van der Waals surface area contributed by atoms with Gasteiger partial charge in [0.05, 0.1) is 26.1 Å². The third-order valence-corrected chi connectivity index (χ3v) is 2.65. The molecule has 0 saturated carbocycles. The van der Waals surface area contributed by atoms with E-state index >= 15 is 0 Å². The summed E-state index contributed by atoms with van der Waals surface area (Å²) in [5.74, 6) is 0.0984. The second kappa shape index (κ2) is 6.81. The number of rotatable bonds is 5. The Bertz CT molecular complexity index is 453. The van der Waals surface area contributed by atoms with Crippen molar-refractivity contribution in [1.82, 2.24) is 5.32 Å². The summed E-state index contributed by atoms with van der Waals surface area (Å²) in [4.78, 5) is 0. The molecule has 18 heavy (non-hydrogen) atoms. The van der Waals surface area contributed by atoms with Gasteiger partial charge in [-0.3, -0.25) is 5.41 Å². The van der Waals surface area contributed by atoms with Crippen molar-refractivity contribution in [3.05, 3.63) is 41.2 Å². The summed E-state index contributed by atoms with van der Waals surface area (Å²) in [6.45, 7) is 2.84. The molecule has 0 amide bonds. The van der Waals surface area contributed by atoms with Crippen LogP contribution in [0, 0.1) is 12.3 Å². The van der Waals surface area contributed by atoms with Gasteiger partial charge >= 0.3 is 0 Å². The lowest BCUT2D eigenvalue weighted by molar-refractivity contribution is 0.338. The van der Waals surface area contributed by atoms with E-state index in [1.165, 1.54) is 18.9 Å². The van der Waals surface area contributed by atoms with Crippen LogP contribution in [-0.2, 0) is 16.0 Å². The van der Waals surface area contributed by atoms with E-state index in [0.717, 1.165) is 17.7 Å². The maximum absolute atomic E-state index is 7.78. The lowest BCUT2D eigenvalue weighted by Crippen LogP contribution is -2.08. The molecule has 0 aliphatic rings. The Morgan fingerprint density at radius 1 is 1.39 bits per heavy atom. The first-order valence-corrected chi connectivity index (χ1v) is 5.74. The quantitative estimate of drug-likeness (QED) is 0.477. The van der Waals surface area contributed by atoms with Gasteiger partial charge in [0.1, 0.15) is 0 Å². The van der Waals surface area contributed by atoms with Gasteiger partial charge in [-0.05, 0) is 30.7 Å². The van der Waals surface area contributed by atoms with Crippen molar-refractivity contribution >= 4 is 11.5 Å². The summed E-state index contributed by atoms with van der Waals surface area (Å²) in [5, 5.41) is 10.9. The monoisotopic (exact) mass is 248 g/mol. The summed E-state index contributed by atoms with van der Waals surface area (Å²) >= 11 is 0. The molecule has 0 bridgehead atoms. The normalized spacial score (nSPS) is 11.2. The maximum Gasteiger partial charge on any atom is 0.216 e. The fourth-order valence-corrected chi connectivity index (χ4v) is 1.81. The molecule has 0 atom stereocenters. The third kappa shape index (κ3) is 3.34. The van der Waals surface area contributed by atoms with Gasteiger partial charge in [-0.25, -0.2) is 0 Å². The van der Waals surface area contributed by atoms with Crippen molar-refractivity contribution in [2.24, 2.45) is 0 Å². The van der Waals surface area contributed by atoms with Crippen molar-refractivity contribution in [2.75, 3.05) is 21.3 Å². The first-order valence-electron chi connectivity index (χ1n) is 5.74. The summed E-state index contributed by atoms with van der Waals surface area (Å²) in [6, 6.07) is 6.12. The second-order valence-corrected chi connectivity index (χ2v) is 3.98. The zero-order valence-electron chi connectivity index (χ0n) is 11.3. The average molecular weight is 248 g/mol. The zero-order chi connectivity index (χ0) is 13.5. The highest BCUT2D eigenvalue weighted by Gasteiger charge is 2.12. The molecule has 0 fully saturated rings. The Kier molecular flexibility index (Phi) is 5.39. The van der Waals surface area contributed by atoms with Crippen LogP contribution in [0.4, 0.5) is 0 Å². The summed E-state index contributed by atoms with van der Waals surface area (Å²) in [6.07, 6.45) is 1.53. The standard InChI is InChI=1S/C14H20N2O2/c1-10-7-11(8-16-2)5-6-12(10)13(9-17-3)14(15)18-4/h5-7,9,15-16H,8H2,1-4H3/b13-9+,15-14?. The van der Waals surface area contributed by atoms with E-state index in [1.807, 2.05) is 26.1 Å². The molecule has 1 rings (SSSR count). The molecule has 0 aliphatic heterocycles. The van der Waals surface area contributed by atoms with E-state index in [2.05, 4.69) is 11.4 Å². The van der Waals surface area contributed by atoms with Crippen molar-refractivity contribution in [3.8, 4) is 0 Å². The predicted molar refractivity (Wildman–Crippen MR) is 73.7 cm³/mol. The van der Waals surface area contributed by atoms with Gasteiger partial charge in [-0.2, -0.15) is 0 Å². The third-order valence-electron chi connectivity index (χ3n) is 2.65. The van der Waals surface area contributed by atoms with Crippen LogP contribution in [0.2, 0.25) is 0 Å². The fourth-order valence-electron chi connectivity index (χ4n) is 1.81. The number of nitrogens with one attached hydrogen (secondary N) is 2. The molecular formula is C14H20N2O2. The molecule has 4 heteroatoms. The number of aryl methyl sites for hydroxylation is 1. The van der Waals surface area contributed by atoms with Gasteiger partial charge in [0.25, 0.3) is 0 Å². The van der Waals surface area contributed by atoms with Crippen LogP contribution in [0.3, 0.4) is 0 Å². The zero-order valence-corrected chi connectivity index (χ0v) is 11.3. The van der Waals surface area contributed by atoms with Crippen LogP contribution >= 0.6 is 0 Å². The van der Waals surface area contributed by atoms with Gasteiger partial charge in [0, 0.05) is 6.54 Å². The average Bonchev–Trinajstić information content (AvgIpc) is 2.36. The fraction of sp³-hybridized carbons (Fsp3) is 0.357. The van der Waals surface area contributed by atoms with E-state index in [1.54, 1.807) is 7.11 Å². The van der Waals surface area contributed by atoms with E-state index in [0.29, 0.717) is 5.57 Å². The lowest BCUT2D eigenvalue weighted by Gasteiger charge is -2.12. The van der Waals surface area contributed by atoms with Crippen molar-refractivity contribution in [3.63, 3.8) is 0 Å². The Balaban J connectivity index is 3.14. The van der Waals surface area contributed by atoms with Crippen LogP contribution in [0.1, 0.15) is 16.7 Å².